The highest BCUT2D eigenvalue weighted by molar-refractivity contribution is 6.00. The first kappa shape index (κ1) is 19.4. The highest BCUT2D eigenvalue weighted by atomic mass is 16.5. The standard InChI is InChI=1S/C24H24N4O3/c1-24(2)12-18-20(19(30)13-24)21(14-4-8-16(29)9-5-14)28-23(25-18)26-22(27-28)15-6-10-17(31-3)11-7-15/h4-11,21,29H,12-13H2,1-3H3,(H,25,26,27)/t21-/m0/s1. The highest BCUT2D eigenvalue weighted by Gasteiger charge is 2.41. The van der Waals surface area contributed by atoms with Crippen LogP contribution in [0.25, 0.3) is 11.4 Å². The lowest BCUT2D eigenvalue weighted by molar-refractivity contribution is -0.118. The Hall–Kier alpha value is -3.61. The first-order chi connectivity index (χ1) is 14.8. The van der Waals surface area contributed by atoms with E-state index in [2.05, 4.69) is 19.2 Å². The normalized spacial score (nSPS) is 19.5. The maximum atomic E-state index is 13.2. The summed E-state index contributed by atoms with van der Waals surface area (Å²) in [5.74, 6) is 2.23. The Morgan fingerprint density at radius 2 is 1.81 bits per heavy atom. The molecule has 1 aliphatic heterocycles. The van der Waals surface area contributed by atoms with Gasteiger partial charge in [-0.05, 0) is 53.8 Å². The minimum Gasteiger partial charge on any atom is -0.508 e. The lowest BCUT2D eigenvalue weighted by Gasteiger charge is -2.38. The summed E-state index contributed by atoms with van der Waals surface area (Å²) in [5, 5.41) is 17.9. The van der Waals surface area contributed by atoms with Gasteiger partial charge in [-0.3, -0.25) is 4.79 Å². The summed E-state index contributed by atoms with van der Waals surface area (Å²) in [6.07, 6.45) is 1.24. The SMILES string of the molecule is COc1ccc(-c2nc3n(n2)[C@@H](c2ccc(O)cc2)C2=C(CC(C)(C)CC2=O)N3)cc1. The fraction of sp³-hybridized carbons (Fsp3) is 0.292. The van der Waals surface area contributed by atoms with Crippen molar-refractivity contribution in [3.63, 3.8) is 0 Å². The zero-order valence-corrected chi connectivity index (χ0v) is 17.7. The predicted octanol–water partition coefficient (Wildman–Crippen LogP) is 4.32. The number of carbonyl (C=O) groups is 1. The van der Waals surface area contributed by atoms with Gasteiger partial charge in [0, 0.05) is 23.3 Å². The number of benzene rings is 2. The summed E-state index contributed by atoms with van der Waals surface area (Å²) in [4.78, 5) is 18.0. The van der Waals surface area contributed by atoms with E-state index >= 15 is 0 Å². The van der Waals surface area contributed by atoms with Gasteiger partial charge in [-0.1, -0.05) is 26.0 Å². The van der Waals surface area contributed by atoms with Gasteiger partial charge in [-0.15, -0.1) is 5.10 Å². The molecule has 0 saturated carbocycles. The van der Waals surface area contributed by atoms with Gasteiger partial charge < -0.3 is 15.2 Å². The Kier molecular flexibility index (Phi) is 4.36. The molecule has 3 aromatic rings. The number of phenolic OH excluding ortho intramolecular Hbond substituents is 1. The van der Waals surface area contributed by atoms with Crippen LogP contribution in [0, 0.1) is 5.41 Å². The second kappa shape index (κ2) is 6.97. The molecule has 2 aromatic carbocycles. The van der Waals surface area contributed by atoms with Crippen LogP contribution in [0.15, 0.2) is 59.8 Å². The smallest absolute Gasteiger partial charge is 0.226 e. The molecule has 2 aliphatic rings. The maximum Gasteiger partial charge on any atom is 0.226 e. The number of aromatic hydroxyl groups is 1. The Labute approximate surface area is 180 Å². The molecule has 158 valence electrons. The molecule has 0 spiro atoms. The number of hydrogen-bond acceptors (Lipinski definition) is 6. The number of hydrogen-bond donors (Lipinski definition) is 2. The molecule has 0 bridgehead atoms. The minimum atomic E-state index is -0.394. The molecule has 7 heteroatoms. The number of carbonyl (C=O) groups excluding carboxylic acids is 1. The van der Waals surface area contributed by atoms with Crippen molar-refractivity contribution in [2.45, 2.75) is 32.7 Å². The van der Waals surface area contributed by atoms with Crippen LogP contribution in [0.2, 0.25) is 0 Å². The number of allylic oxidation sites excluding steroid dienone is 2. The van der Waals surface area contributed by atoms with Crippen molar-refractivity contribution in [2.75, 3.05) is 12.4 Å². The number of Topliss-reactive ketones (excluding diaryl/α,β-unsaturated/α-hetero) is 1. The van der Waals surface area contributed by atoms with Gasteiger partial charge in [0.05, 0.1) is 7.11 Å². The topological polar surface area (TPSA) is 89.3 Å². The van der Waals surface area contributed by atoms with Crippen molar-refractivity contribution in [3.05, 3.63) is 65.4 Å². The summed E-state index contributed by atoms with van der Waals surface area (Å²) < 4.78 is 7.02. The van der Waals surface area contributed by atoms with Gasteiger partial charge >= 0.3 is 0 Å². The van der Waals surface area contributed by atoms with E-state index in [-0.39, 0.29) is 16.9 Å². The third-order valence-electron chi connectivity index (χ3n) is 5.89. The van der Waals surface area contributed by atoms with Gasteiger partial charge in [0.25, 0.3) is 0 Å². The van der Waals surface area contributed by atoms with Gasteiger partial charge in [0.1, 0.15) is 17.5 Å². The lowest BCUT2D eigenvalue weighted by atomic mass is 9.73. The average Bonchev–Trinajstić information content (AvgIpc) is 3.16. The molecular weight excluding hydrogens is 392 g/mol. The molecule has 1 aromatic heterocycles. The summed E-state index contributed by atoms with van der Waals surface area (Å²) in [6, 6.07) is 14.1. The number of rotatable bonds is 3. The summed E-state index contributed by atoms with van der Waals surface area (Å²) in [6.45, 7) is 4.21. The first-order valence-corrected chi connectivity index (χ1v) is 10.3. The molecule has 2 heterocycles. The van der Waals surface area contributed by atoms with Gasteiger partial charge in [-0.2, -0.15) is 4.98 Å². The van der Waals surface area contributed by atoms with E-state index in [0.29, 0.717) is 18.2 Å². The molecular formula is C24H24N4O3. The Balaban J connectivity index is 1.64. The van der Waals surface area contributed by atoms with E-state index in [1.54, 1.807) is 23.9 Å². The summed E-state index contributed by atoms with van der Waals surface area (Å²) in [7, 11) is 1.63. The van der Waals surface area contributed by atoms with Crippen molar-refractivity contribution < 1.29 is 14.6 Å². The van der Waals surface area contributed by atoms with E-state index in [1.807, 2.05) is 36.4 Å². The van der Waals surface area contributed by atoms with E-state index in [1.165, 1.54) is 0 Å². The number of nitrogens with zero attached hydrogens (tertiary/aromatic N) is 3. The van der Waals surface area contributed by atoms with Gasteiger partial charge in [0.15, 0.2) is 11.6 Å². The van der Waals surface area contributed by atoms with E-state index in [0.717, 1.165) is 34.6 Å². The van der Waals surface area contributed by atoms with E-state index in [9.17, 15) is 9.90 Å². The van der Waals surface area contributed by atoms with Gasteiger partial charge in [-0.25, -0.2) is 4.68 Å². The average molecular weight is 416 g/mol. The number of phenols is 1. The molecule has 31 heavy (non-hydrogen) atoms. The Bertz CT molecular complexity index is 1190. The zero-order chi connectivity index (χ0) is 21.8. The third kappa shape index (κ3) is 3.36. The van der Waals surface area contributed by atoms with Crippen molar-refractivity contribution in [1.82, 2.24) is 14.8 Å². The second-order valence-corrected chi connectivity index (χ2v) is 8.88. The number of ketones is 1. The molecule has 1 atom stereocenters. The van der Waals surface area contributed by atoms with Crippen LogP contribution in [0.5, 0.6) is 11.5 Å². The zero-order valence-electron chi connectivity index (χ0n) is 17.7. The van der Waals surface area contributed by atoms with Crippen LogP contribution >= 0.6 is 0 Å². The highest BCUT2D eigenvalue weighted by Crippen LogP contribution is 2.45. The third-order valence-corrected chi connectivity index (χ3v) is 5.89. The second-order valence-electron chi connectivity index (χ2n) is 8.88. The van der Waals surface area contributed by atoms with Crippen LogP contribution < -0.4 is 10.1 Å². The first-order valence-electron chi connectivity index (χ1n) is 10.3. The van der Waals surface area contributed by atoms with Crippen LogP contribution in [0.1, 0.15) is 38.3 Å². The monoisotopic (exact) mass is 416 g/mol. The Morgan fingerprint density at radius 1 is 1.10 bits per heavy atom. The number of ether oxygens (including phenoxy) is 1. The minimum absolute atomic E-state index is 0.115. The van der Waals surface area contributed by atoms with Crippen molar-refractivity contribution in [3.8, 4) is 22.9 Å². The number of aromatic nitrogens is 3. The van der Waals surface area contributed by atoms with Crippen LogP contribution in [-0.4, -0.2) is 32.8 Å². The molecule has 0 radical (unpaired) electrons. The molecule has 7 nitrogen and oxygen atoms in total. The fourth-order valence-electron chi connectivity index (χ4n) is 4.44. The fourth-order valence-corrected chi connectivity index (χ4v) is 4.44. The van der Waals surface area contributed by atoms with E-state index in [4.69, 9.17) is 14.8 Å². The molecule has 2 N–H and O–H groups in total. The maximum absolute atomic E-state index is 13.2. The number of nitrogens with one attached hydrogen (secondary N) is 1. The molecule has 0 amide bonds. The summed E-state index contributed by atoms with van der Waals surface area (Å²) >= 11 is 0. The summed E-state index contributed by atoms with van der Waals surface area (Å²) in [5.41, 5.74) is 3.25. The number of methoxy groups -OCH3 is 1. The molecule has 5 rings (SSSR count). The molecule has 0 fully saturated rings. The number of fused-ring (bicyclic) bond motifs is 1. The largest absolute Gasteiger partial charge is 0.508 e. The van der Waals surface area contributed by atoms with Crippen molar-refractivity contribution in [1.29, 1.82) is 0 Å². The van der Waals surface area contributed by atoms with Gasteiger partial charge in [0.2, 0.25) is 5.95 Å². The quantitative estimate of drug-likeness (QED) is 0.661. The van der Waals surface area contributed by atoms with Crippen LogP contribution in [0.3, 0.4) is 0 Å². The van der Waals surface area contributed by atoms with Crippen LogP contribution in [-0.2, 0) is 4.79 Å². The van der Waals surface area contributed by atoms with E-state index < -0.39 is 6.04 Å². The molecule has 0 saturated heterocycles. The van der Waals surface area contributed by atoms with Crippen LogP contribution in [0.4, 0.5) is 5.95 Å². The molecule has 0 unspecified atom stereocenters. The molecule has 1 aliphatic carbocycles. The Morgan fingerprint density at radius 3 is 2.48 bits per heavy atom. The predicted molar refractivity (Wildman–Crippen MR) is 117 cm³/mol. The number of anilines is 1. The van der Waals surface area contributed by atoms with Crippen molar-refractivity contribution >= 4 is 11.7 Å². The van der Waals surface area contributed by atoms with Crippen molar-refractivity contribution in [2.24, 2.45) is 5.41 Å². The lowest BCUT2D eigenvalue weighted by Crippen LogP contribution is -2.36.